The SMILES string of the molecule is CC(C)C(NC(=O)c1cc(NN)ccn1)C(N)=O. The topological polar surface area (TPSA) is 123 Å². The first-order valence-corrected chi connectivity index (χ1v) is 5.48. The quantitative estimate of drug-likeness (QED) is 0.419. The summed E-state index contributed by atoms with van der Waals surface area (Å²) in [6.45, 7) is 3.59. The first-order valence-electron chi connectivity index (χ1n) is 5.48. The maximum Gasteiger partial charge on any atom is 0.270 e. The molecule has 0 bridgehead atoms. The maximum atomic E-state index is 11.9. The number of hydrogen-bond acceptors (Lipinski definition) is 5. The van der Waals surface area contributed by atoms with Gasteiger partial charge in [0.25, 0.3) is 5.91 Å². The Bertz CT molecular complexity index is 447. The van der Waals surface area contributed by atoms with Crippen molar-refractivity contribution in [1.29, 1.82) is 0 Å². The zero-order valence-corrected chi connectivity index (χ0v) is 10.3. The lowest BCUT2D eigenvalue weighted by Crippen LogP contribution is -2.47. The van der Waals surface area contributed by atoms with Gasteiger partial charge in [0.1, 0.15) is 11.7 Å². The molecule has 2 amide bonds. The monoisotopic (exact) mass is 251 g/mol. The number of nitrogen functional groups attached to an aromatic ring is 1. The van der Waals surface area contributed by atoms with Crippen LogP contribution in [0.4, 0.5) is 5.69 Å². The van der Waals surface area contributed by atoms with Gasteiger partial charge >= 0.3 is 0 Å². The molecular formula is C11H17N5O2. The van der Waals surface area contributed by atoms with Gasteiger partial charge in [0.15, 0.2) is 0 Å². The number of carbonyl (C=O) groups excluding carboxylic acids is 2. The second-order valence-corrected chi connectivity index (χ2v) is 4.17. The van der Waals surface area contributed by atoms with Crippen LogP contribution in [0.5, 0.6) is 0 Å². The van der Waals surface area contributed by atoms with Crippen LogP contribution in [0.25, 0.3) is 0 Å². The molecule has 0 aliphatic carbocycles. The number of amides is 2. The van der Waals surface area contributed by atoms with E-state index in [-0.39, 0.29) is 11.6 Å². The number of nitrogens with zero attached hydrogens (tertiary/aromatic N) is 1. The summed E-state index contributed by atoms with van der Waals surface area (Å²) in [4.78, 5) is 27.0. The maximum absolute atomic E-state index is 11.9. The van der Waals surface area contributed by atoms with E-state index in [1.165, 1.54) is 12.3 Å². The van der Waals surface area contributed by atoms with Gasteiger partial charge in [-0.25, -0.2) is 0 Å². The largest absolute Gasteiger partial charge is 0.368 e. The number of aromatic nitrogens is 1. The standard InChI is InChI=1S/C11H17N5O2/c1-6(2)9(10(12)17)15-11(18)8-5-7(16-13)3-4-14-8/h3-6,9H,13H2,1-2H3,(H2,12,17)(H,14,16)(H,15,18). The van der Waals surface area contributed by atoms with Crippen LogP contribution in [0.3, 0.4) is 0 Å². The predicted molar refractivity (Wildman–Crippen MR) is 67.3 cm³/mol. The fraction of sp³-hybridized carbons (Fsp3) is 0.364. The lowest BCUT2D eigenvalue weighted by atomic mass is 10.0. The molecular weight excluding hydrogens is 234 g/mol. The minimum absolute atomic E-state index is 0.0951. The van der Waals surface area contributed by atoms with Crippen molar-refractivity contribution in [2.24, 2.45) is 17.5 Å². The van der Waals surface area contributed by atoms with Gasteiger partial charge in [0.2, 0.25) is 5.91 Å². The minimum Gasteiger partial charge on any atom is -0.368 e. The van der Waals surface area contributed by atoms with E-state index in [1.807, 2.05) is 0 Å². The molecule has 0 fully saturated rings. The molecule has 18 heavy (non-hydrogen) atoms. The summed E-state index contributed by atoms with van der Waals surface area (Å²) < 4.78 is 0. The Morgan fingerprint density at radius 3 is 2.56 bits per heavy atom. The van der Waals surface area contributed by atoms with Crippen molar-refractivity contribution in [3.63, 3.8) is 0 Å². The first-order chi connectivity index (χ1) is 8.45. The third kappa shape index (κ3) is 3.42. The van der Waals surface area contributed by atoms with Gasteiger partial charge in [-0.2, -0.15) is 0 Å². The molecule has 0 saturated heterocycles. The molecule has 1 unspecified atom stereocenters. The summed E-state index contributed by atoms with van der Waals surface area (Å²) in [5, 5.41) is 2.54. The minimum atomic E-state index is -0.728. The molecule has 0 radical (unpaired) electrons. The normalized spacial score (nSPS) is 12.0. The van der Waals surface area contributed by atoms with Gasteiger partial charge in [-0.05, 0) is 18.1 Å². The van der Waals surface area contributed by atoms with Crippen LogP contribution in [0.15, 0.2) is 18.3 Å². The van der Waals surface area contributed by atoms with Gasteiger partial charge in [-0.3, -0.25) is 20.4 Å². The molecule has 6 N–H and O–H groups in total. The smallest absolute Gasteiger partial charge is 0.270 e. The van der Waals surface area contributed by atoms with Crippen LogP contribution in [-0.2, 0) is 4.79 Å². The first kappa shape index (κ1) is 13.9. The van der Waals surface area contributed by atoms with Gasteiger partial charge in [0.05, 0.1) is 5.69 Å². The molecule has 98 valence electrons. The summed E-state index contributed by atoms with van der Waals surface area (Å²) in [5.74, 6) is 4.09. The second-order valence-electron chi connectivity index (χ2n) is 4.17. The van der Waals surface area contributed by atoms with Gasteiger partial charge in [-0.15, -0.1) is 0 Å². The number of pyridine rings is 1. The van der Waals surface area contributed by atoms with Crippen molar-refractivity contribution in [1.82, 2.24) is 10.3 Å². The number of nitrogens with one attached hydrogen (secondary N) is 2. The molecule has 7 heteroatoms. The Labute approximate surface area is 105 Å². The Morgan fingerprint density at radius 2 is 2.06 bits per heavy atom. The van der Waals surface area contributed by atoms with E-state index in [2.05, 4.69) is 15.7 Å². The van der Waals surface area contributed by atoms with E-state index < -0.39 is 17.9 Å². The highest BCUT2D eigenvalue weighted by Gasteiger charge is 2.22. The number of hydrogen-bond donors (Lipinski definition) is 4. The Hall–Kier alpha value is -2.15. The summed E-state index contributed by atoms with van der Waals surface area (Å²) in [6.07, 6.45) is 1.44. The van der Waals surface area contributed by atoms with Crippen LogP contribution in [0, 0.1) is 5.92 Å². The molecule has 0 saturated carbocycles. The third-order valence-corrected chi connectivity index (χ3v) is 2.42. The van der Waals surface area contributed by atoms with E-state index in [0.29, 0.717) is 5.69 Å². The molecule has 7 nitrogen and oxygen atoms in total. The van der Waals surface area contributed by atoms with E-state index in [1.54, 1.807) is 19.9 Å². The Balaban J connectivity index is 2.83. The van der Waals surface area contributed by atoms with E-state index in [4.69, 9.17) is 11.6 Å². The number of primary amides is 1. The molecule has 1 atom stereocenters. The van der Waals surface area contributed by atoms with Crippen LogP contribution < -0.4 is 22.3 Å². The molecule has 1 aromatic rings. The van der Waals surface area contributed by atoms with Crippen molar-refractivity contribution >= 4 is 17.5 Å². The fourth-order valence-corrected chi connectivity index (χ4v) is 1.43. The zero-order valence-electron chi connectivity index (χ0n) is 10.3. The van der Waals surface area contributed by atoms with Crippen molar-refractivity contribution < 1.29 is 9.59 Å². The molecule has 0 aliphatic rings. The molecule has 0 aliphatic heterocycles. The summed E-state index contributed by atoms with van der Waals surface area (Å²) >= 11 is 0. The number of anilines is 1. The highest BCUT2D eigenvalue weighted by Crippen LogP contribution is 2.07. The number of rotatable bonds is 5. The van der Waals surface area contributed by atoms with Crippen LogP contribution in [-0.4, -0.2) is 22.8 Å². The van der Waals surface area contributed by atoms with Crippen molar-refractivity contribution in [2.75, 3.05) is 5.43 Å². The molecule has 1 aromatic heterocycles. The fourth-order valence-electron chi connectivity index (χ4n) is 1.43. The molecule has 0 aromatic carbocycles. The molecule has 0 spiro atoms. The van der Waals surface area contributed by atoms with Crippen molar-refractivity contribution in [3.05, 3.63) is 24.0 Å². The van der Waals surface area contributed by atoms with Crippen molar-refractivity contribution in [3.8, 4) is 0 Å². The Morgan fingerprint density at radius 1 is 1.39 bits per heavy atom. The van der Waals surface area contributed by atoms with E-state index >= 15 is 0 Å². The van der Waals surface area contributed by atoms with E-state index in [9.17, 15) is 9.59 Å². The van der Waals surface area contributed by atoms with Crippen LogP contribution >= 0.6 is 0 Å². The average molecular weight is 251 g/mol. The van der Waals surface area contributed by atoms with Gasteiger partial charge < -0.3 is 16.5 Å². The molecule has 1 heterocycles. The van der Waals surface area contributed by atoms with Crippen LogP contribution in [0.1, 0.15) is 24.3 Å². The number of nitrogens with two attached hydrogens (primary N) is 2. The lowest BCUT2D eigenvalue weighted by Gasteiger charge is -2.18. The molecule has 1 rings (SSSR count). The van der Waals surface area contributed by atoms with Gasteiger partial charge in [-0.1, -0.05) is 13.8 Å². The Kier molecular flexibility index (Phi) is 4.61. The summed E-state index contributed by atoms with van der Waals surface area (Å²) in [7, 11) is 0. The highest BCUT2D eigenvalue weighted by atomic mass is 16.2. The zero-order chi connectivity index (χ0) is 13.7. The second kappa shape index (κ2) is 5.97. The summed E-state index contributed by atoms with van der Waals surface area (Å²) in [5.41, 5.74) is 8.34. The predicted octanol–water partition coefficient (Wildman–Crippen LogP) is -0.393. The lowest BCUT2D eigenvalue weighted by molar-refractivity contribution is -0.120. The van der Waals surface area contributed by atoms with E-state index in [0.717, 1.165) is 0 Å². The number of carbonyl (C=O) groups is 2. The van der Waals surface area contributed by atoms with Gasteiger partial charge in [0, 0.05) is 6.20 Å². The highest BCUT2D eigenvalue weighted by molar-refractivity contribution is 5.96. The summed E-state index contributed by atoms with van der Waals surface area (Å²) in [6, 6.07) is 2.37. The average Bonchev–Trinajstić information content (AvgIpc) is 2.34. The van der Waals surface area contributed by atoms with Crippen LogP contribution in [0.2, 0.25) is 0 Å². The number of hydrazine groups is 1. The van der Waals surface area contributed by atoms with Crippen molar-refractivity contribution in [2.45, 2.75) is 19.9 Å². The third-order valence-electron chi connectivity index (χ3n) is 2.42.